The SMILES string of the molecule is COC1CCC(C(=O)C2CCCC(C(=O)C3CCC(C)CC3)C2)CC1. The molecule has 0 bridgehead atoms. The Morgan fingerprint density at radius 2 is 1.16 bits per heavy atom. The van der Waals surface area contributed by atoms with E-state index in [2.05, 4.69) is 6.92 Å². The van der Waals surface area contributed by atoms with Gasteiger partial charge < -0.3 is 4.74 Å². The van der Waals surface area contributed by atoms with Crippen molar-refractivity contribution >= 4 is 11.6 Å². The minimum absolute atomic E-state index is 0.148. The molecule has 0 radical (unpaired) electrons. The standard InChI is InChI=1S/C22H36O3/c1-15-6-8-16(9-7-15)21(23)18-4-3-5-19(14-18)22(24)17-10-12-20(25-2)13-11-17/h15-20H,3-14H2,1-2H3. The van der Waals surface area contributed by atoms with Crippen LogP contribution in [0.5, 0.6) is 0 Å². The van der Waals surface area contributed by atoms with E-state index < -0.39 is 0 Å². The number of rotatable bonds is 5. The van der Waals surface area contributed by atoms with Gasteiger partial charge in [-0.3, -0.25) is 9.59 Å². The Morgan fingerprint density at radius 1 is 0.680 bits per heavy atom. The van der Waals surface area contributed by atoms with Crippen LogP contribution in [0.25, 0.3) is 0 Å². The van der Waals surface area contributed by atoms with Gasteiger partial charge in [-0.15, -0.1) is 0 Å². The van der Waals surface area contributed by atoms with Gasteiger partial charge in [-0.1, -0.05) is 26.2 Å². The first-order valence-electron chi connectivity index (χ1n) is 10.7. The number of methoxy groups -OCH3 is 1. The summed E-state index contributed by atoms with van der Waals surface area (Å²) in [6.45, 7) is 2.30. The minimum Gasteiger partial charge on any atom is -0.381 e. The molecule has 25 heavy (non-hydrogen) atoms. The van der Waals surface area contributed by atoms with Crippen molar-refractivity contribution in [1.29, 1.82) is 0 Å². The Labute approximate surface area is 153 Å². The number of hydrogen-bond acceptors (Lipinski definition) is 3. The molecule has 3 fully saturated rings. The summed E-state index contributed by atoms with van der Waals surface area (Å²) < 4.78 is 5.43. The zero-order valence-corrected chi connectivity index (χ0v) is 16.2. The van der Waals surface area contributed by atoms with Crippen molar-refractivity contribution in [2.45, 2.75) is 90.1 Å². The maximum atomic E-state index is 13.0. The summed E-state index contributed by atoms with van der Waals surface area (Å²) in [5.74, 6) is 2.56. The van der Waals surface area contributed by atoms with Crippen LogP contribution in [0, 0.1) is 29.6 Å². The lowest BCUT2D eigenvalue weighted by Gasteiger charge is -2.35. The molecule has 3 aliphatic carbocycles. The molecule has 0 aromatic carbocycles. The molecular weight excluding hydrogens is 312 g/mol. The van der Waals surface area contributed by atoms with Crippen LogP contribution in [0.4, 0.5) is 0 Å². The number of carbonyl (C=O) groups excluding carboxylic acids is 2. The molecule has 0 N–H and O–H groups in total. The predicted molar refractivity (Wildman–Crippen MR) is 99.3 cm³/mol. The van der Waals surface area contributed by atoms with Crippen molar-refractivity contribution in [2.75, 3.05) is 7.11 Å². The molecule has 2 atom stereocenters. The Kier molecular flexibility index (Phi) is 6.71. The number of hydrogen-bond donors (Lipinski definition) is 0. The van der Waals surface area contributed by atoms with E-state index in [0.29, 0.717) is 17.7 Å². The number of ether oxygens (including phenoxy) is 1. The highest BCUT2D eigenvalue weighted by molar-refractivity contribution is 5.87. The van der Waals surface area contributed by atoms with E-state index in [4.69, 9.17) is 4.74 Å². The lowest BCUT2D eigenvalue weighted by atomic mass is 9.69. The first kappa shape index (κ1) is 19.1. The third-order valence-electron chi connectivity index (χ3n) is 7.31. The fraction of sp³-hybridized carbons (Fsp3) is 0.909. The monoisotopic (exact) mass is 348 g/mol. The molecule has 0 amide bonds. The summed E-state index contributed by atoms with van der Waals surface area (Å²) in [6.07, 6.45) is 12.8. The highest BCUT2D eigenvalue weighted by atomic mass is 16.5. The van der Waals surface area contributed by atoms with Crippen LogP contribution in [0.15, 0.2) is 0 Å². The highest BCUT2D eigenvalue weighted by Gasteiger charge is 2.37. The second-order valence-corrected chi connectivity index (χ2v) is 9.03. The number of ketones is 2. The van der Waals surface area contributed by atoms with Crippen molar-refractivity contribution in [2.24, 2.45) is 29.6 Å². The highest BCUT2D eigenvalue weighted by Crippen LogP contribution is 2.39. The van der Waals surface area contributed by atoms with Crippen molar-refractivity contribution in [3.8, 4) is 0 Å². The van der Waals surface area contributed by atoms with Crippen LogP contribution in [-0.4, -0.2) is 24.8 Å². The van der Waals surface area contributed by atoms with Crippen LogP contribution in [-0.2, 0) is 14.3 Å². The summed E-state index contributed by atoms with van der Waals surface area (Å²) >= 11 is 0. The average molecular weight is 349 g/mol. The molecule has 3 rings (SSSR count). The molecule has 0 heterocycles. The average Bonchev–Trinajstić information content (AvgIpc) is 2.67. The van der Waals surface area contributed by atoms with Crippen LogP contribution < -0.4 is 0 Å². The lowest BCUT2D eigenvalue weighted by molar-refractivity contribution is -0.133. The Balaban J connectivity index is 1.52. The topological polar surface area (TPSA) is 43.4 Å². The van der Waals surface area contributed by atoms with Gasteiger partial charge in [0.25, 0.3) is 0 Å². The summed E-state index contributed by atoms with van der Waals surface area (Å²) in [5.41, 5.74) is 0. The Morgan fingerprint density at radius 3 is 1.64 bits per heavy atom. The lowest BCUT2D eigenvalue weighted by Crippen LogP contribution is -2.36. The minimum atomic E-state index is 0.148. The molecule has 0 saturated heterocycles. The van der Waals surface area contributed by atoms with Crippen molar-refractivity contribution in [3.63, 3.8) is 0 Å². The van der Waals surface area contributed by atoms with E-state index in [-0.39, 0.29) is 23.7 Å². The summed E-state index contributed by atoms with van der Waals surface area (Å²) in [4.78, 5) is 25.9. The summed E-state index contributed by atoms with van der Waals surface area (Å²) in [7, 11) is 1.77. The first-order chi connectivity index (χ1) is 12.1. The van der Waals surface area contributed by atoms with E-state index in [1.165, 1.54) is 12.8 Å². The molecular formula is C22H36O3. The molecule has 0 spiro atoms. The molecule has 0 aromatic heterocycles. The van der Waals surface area contributed by atoms with E-state index >= 15 is 0 Å². The third-order valence-corrected chi connectivity index (χ3v) is 7.31. The Bertz CT molecular complexity index is 456. The van der Waals surface area contributed by atoms with Gasteiger partial charge in [0.1, 0.15) is 11.6 Å². The van der Waals surface area contributed by atoms with E-state index in [0.717, 1.165) is 70.1 Å². The zero-order valence-electron chi connectivity index (χ0n) is 16.2. The van der Waals surface area contributed by atoms with E-state index in [1.54, 1.807) is 7.11 Å². The molecule has 3 saturated carbocycles. The molecule has 3 aliphatic rings. The first-order valence-corrected chi connectivity index (χ1v) is 10.7. The fourth-order valence-corrected chi connectivity index (χ4v) is 5.50. The molecule has 2 unspecified atom stereocenters. The van der Waals surface area contributed by atoms with Gasteiger partial charge in [0.15, 0.2) is 0 Å². The van der Waals surface area contributed by atoms with Gasteiger partial charge in [-0.2, -0.15) is 0 Å². The largest absolute Gasteiger partial charge is 0.381 e. The maximum absolute atomic E-state index is 13.0. The van der Waals surface area contributed by atoms with Gasteiger partial charge in [0, 0.05) is 30.8 Å². The normalized spacial score (nSPS) is 39.8. The third kappa shape index (κ3) is 4.72. The molecule has 3 nitrogen and oxygen atoms in total. The van der Waals surface area contributed by atoms with Gasteiger partial charge in [0.2, 0.25) is 0 Å². The smallest absolute Gasteiger partial charge is 0.139 e. The van der Waals surface area contributed by atoms with Gasteiger partial charge >= 0.3 is 0 Å². The second-order valence-electron chi connectivity index (χ2n) is 9.03. The van der Waals surface area contributed by atoms with Crippen LogP contribution >= 0.6 is 0 Å². The van der Waals surface area contributed by atoms with E-state index in [1.807, 2.05) is 0 Å². The van der Waals surface area contributed by atoms with Crippen molar-refractivity contribution < 1.29 is 14.3 Å². The summed E-state index contributed by atoms with van der Waals surface area (Å²) in [5, 5.41) is 0. The second kappa shape index (κ2) is 8.79. The maximum Gasteiger partial charge on any atom is 0.139 e. The van der Waals surface area contributed by atoms with Gasteiger partial charge in [-0.25, -0.2) is 0 Å². The fourth-order valence-electron chi connectivity index (χ4n) is 5.50. The predicted octanol–water partition coefficient (Wildman–Crippen LogP) is 4.96. The van der Waals surface area contributed by atoms with Crippen molar-refractivity contribution in [3.05, 3.63) is 0 Å². The molecule has 0 aromatic rings. The van der Waals surface area contributed by atoms with Gasteiger partial charge in [0.05, 0.1) is 6.10 Å². The zero-order chi connectivity index (χ0) is 17.8. The van der Waals surface area contributed by atoms with Crippen LogP contribution in [0.1, 0.15) is 84.0 Å². The number of Topliss-reactive ketones (excluding diaryl/α,β-unsaturated/α-hetero) is 2. The molecule has 3 heteroatoms. The quantitative estimate of drug-likeness (QED) is 0.705. The number of carbonyl (C=O) groups is 2. The molecule has 0 aliphatic heterocycles. The Hall–Kier alpha value is -0.700. The van der Waals surface area contributed by atoms with Crippen LogP contribution in [0.2, 0.25) is 0 Å². The van der Waals surface area contributed by atoms with Gasteiger partial charge in [-0.05, 0) is 63.7 Å². The van der Waals surface area contributed by atoms with E-state index in [9.17, 15) is 9.59 Å². The summed E-state index contributed by atoms with van der Waals surface area (Å²) in [6, 6.07) is 0. The molecule has 142 valence electrons. The van der Waals surface area contributed by atoms with Crippen molar-refractivity contribution in [1.82, 2.24) is 0 Å². The van der Waals surface area contributed by atoms with Crippen LogP contribution in [0.3, 0.4) is 0 Å².